The van der Waals surface area contributed by atoms with Gasteiger partial charge in [0.2, 0.25) is 5.91 Å². The number of rotatable bonds is 3. The van der Waals surface area contributed by atoms with Gasteiger partial charge in [0.05, 0.1) is 23.2 Å². The van der Waals surface area contributed by atoms with Gasteiger partial charge in [0.1, 0.15) is 19.0 Å². The van der Waals surface area contributed by atoms with Crippen LogP contribution in [0, 0.1) is 0 Å². The van der Waals surface area contributed by atoms with Crippen molar-refractivity contribution in [2.45, 2.75) is 12.8 Å². The van der Waals surface area contributed by atoms with E-state index >= 15 is 0 Å². The molecule has 26 heavy (non-hydrogen) atoms. The first-order valence-corrected chi connectivity index (χ1v) is 9.31. The monoisotopic (exact) mass is 368 g/mol. The fraction of sp³-hybridized carbons (Fsp3) is 0.263. The standard InChI is InChI=1S/C19H16N2O4S/c22-18(8-11-1-2-14-12(7-11)3-4-23-14)21-19-20-13-9-15-16(10-17(13)26-19)25-6-5-24-15/h1-2,7,9-10H,3-6,8H2,(H,20,21,22). The van der Waals surface area contributed by atoms with Gasteiger partial charge in [-0.2, -0.15) is 0 Å². The highest BCUT2D eigenvalue weighted by molar-refractivity contribution is 7.22. The lowest BCUT2D eigenvalue weighted by Gasteiger charge is -2.17. The Bertz CT molecular complexity index is 971. The summed E-state index contributed by atoms with van der Waals surface area (Å²) in [5, 5.41) is 3.47. The van der Waals surface area contributed by atoms with Crippen LogP contribution in [-0.4, -0.2) is 30.7 Å². The van der Waals surface area contributed by atoms with E-state index in [0.29, 0.717) is 37.1 Å². The normalized spacial score (nSPS) is 14.8. The summed E-state index contributed by atoms with van der Waals surface area (Å²) in [5.41, 5.74) is 2.94. The lowest BCUT2D eigenvalue weighted by Crippen LogP contribution is -2.15. The maximum atomic E-state index is 12.4. The molecule has 7 heteroatoms. The van der Waals surface area contributed by atoms with E-state index < -0.39 is 0 Å². The van der Waals surface area contributed by atoms with Crippen molar-refractivity contribution in [1.82, 2.24) is 4.98 Å². The maximum absolute atomic E-state index is 12.4. The maximum Gasteiger partial charge on any atom is 0.230 e. The number of carbonyl (C=O) groups excluding carboxylic acids is 1. The van der Waals surface area contributed by atoms with Crippen molar-refractivity contribution in [2.75, 3.05) is 25.1 Å². The Kier molecular flexibility index (Phi) is 3.67. The molecule has 0 fully saturated rings. The number of aromatic nitrogens is 1. The van der Waals surface area contributed by atoms with Gasteiger partial charge >= 0.3 is 0 Å². The van der Waals surface area contributed by atoms with Crippen molar-refractivity contribution in [1.29, 1.82) is 0 Å². The highest BCUT2D eigenvalue weighted by Crippen LogP contribution is 2.37. The molecule has 132 valence electrons. The van der Waals surface area contributed by atoms with Crippen LogP contribution < -0.4 is 19.5 Å². The summed E-state index contributed by atoms with van der Waals surface area (Å²) in [6.07, 6.45) is 1.21. The second-order valence-corrected chi connectivity index (χ2v) is 7.28. The van der Waals surface area contributed by atoms with E-state index in [1.54, 1.807) is 0 Å². The van der Waals surface area contributed by atoms with Crippen LogP contribution >= 0.6 is 11.3 Å². The van der Waals surface area contributed by atoms with Crippen molar-refractivity contribution in [3.05, 3.63) is 41.5 Å². The van der Waals surface area contributed by atoms with E-state index in [2.05, 4.69) is 10.3 Å². The van der Waals surface area contributed by atoms with Crippen LogP contribution in [0.1, 0.15) is 11.1 Å². The smallest absolute Gasteiger partial charge is 0.230 e. The zero-order valence-electron chi connectivity index (χ0n) is 13.9. The molecule has 3 heterocycles. The molecule has 0 bridgehead atoms. The van der Waals surface area contributed by atoms with Crippen molar-refractivity contribution in [3.63, 3.8) is 0 Å². The second kappa shape index (κ2) is 6.17. The van der Waals surface area contributed by atoms with Gasteiger partial charge in [-0.3, -0.25) is 4.79 Å². The number of ether oxygens (including phenoxy) is 3. The number of carbonyl (C=O) groups is 1. The first-order chi connectivity index (χ1) is 12.7. The zero-order chi connectivity index (χ0) is 17.5. The molecule has 1 aromatic heterocycles. The van der Waals surface area contributed by atoms with Crippen LogP contribution in [0.4, 0.5) is 5.13 Å². The number of nitrogens with one attached hydrogen (secondary N) is 1. The summed E-state index contributed by atoms with van der Waals surface area (Å²) < 4.78 is 17.6. The topological polar surface area (TPSA) is 69.7 Å². The Morgan fingerprint density at radius 1 is 1.04 bits per heavy atom. The van der Waals surface area contributed by atoms with Gasteiger partial charge < -0.3 is 19.5 Å². The van der Waals surface area contributed by atoms with Gasteiger partial charge in [-0.25, -0.2) is 4.98 Å². The van der Waals surface area contributed by atoms with Crippen LogP contribution in [0.25, 0.3) is 10.2 Å². The molecule has 2 aliphatic heterocycles. The van der Waals surface area contributed by atoms with Gasteiger partial charge in [0.15, 0.2) is 16.6 Å². The summed E-state index contributed by atoms with van der Waals surface area (Å²) in [5.74, 6) is 2.27. The van der Waals surface area contributed by atoms with E-state index in [0.717, 1.165) is 33.7 Å². The third-order valence-electron chi connectivity index (χ3n) is 4.42. The summed E-state index contributed by atoms with van der Waals surface area (Å²) in [6, 6.07) is 9.69. The van der Waals surface area contributed by atoms with E-state index in [9.17, 15) is 4.79 Å². The summed E-state index contributed by atoms with van der Waals surface area (Å²) in [7, 11) is 0. The second-order valence-electron chi connectivity index (χ2n) is 6.25. The molecule has 2 aliphatic rings. The molecule has 5 rings (SSSR count). The largest absolute Gasteiger partial charge is 0.493 e. The average molecular weight is 368 g/mol. The van der Waals surface area contributed by atoms with Gasteiger partial charge in [0, 0.05) is 18.6 Å². The molecule has 1 amide bonds. The van der Waals surface area contributed by atoms with Crippen LogP contribution in [0.2, 0.25) is 0 Å². The Labute approximate surface area is 153 Å². The van der Waals surface area contributed by atoms with E-state index in [-0.39, 0.29) is 5.91 Å². The van der Waals surface area contributed by atoms with Crippen LogP contribution in [0.3, 0.4) is 0 Å². The predicted molar refractivity (Wildman–Crippen MR) is 98.6 cm³/mol. The van der Waals surface area contributed by atoms with Crippen molar-refractivity contribution in [3.8, 4) is 17.2 Å². The minimum Gasteiger partial charge on any atom is -0.493 e. The van der Waals surface area contributed by atoms with Crippen molar-refractivity contribution < 1.29 is 19.0 Å². The first kappa shape index (κ1) is 15.5. The third-order valence-corrected chi connectivity index (χ3v) is 5.35. The van der Waals surface area contributed by atoms with Gasteiger partial charge in [-0.15, -0.1) is 0 Å². The fourth-order valence-corrected chi connectivity index (χ4v) is 4.11. The molecule has 2 aromatic carbocycles. The molecule has 0 atom stereocenters. The van der Waals surface area contributed by atoms with E-state index in [1.165, 1.54) is 16.9 Å². The number of fused-ring (bicyclic) bond motifs is 3. The SMILES string of the molecule is O=C(Cc1ccc2c(c1)CCO2)Nc1nc2cc3c(cc2s1)OCCO3. The van der Waals surface area contributed by atoms with E-state index in [1.807, 2.05) is 30.3 Å². The molecule has 0 unspecified atom stereocenters. The number of nitrogens with zero attached hydrogens (tertiary/aromatic N) is 1. The number of hydrogen-bond acceptors (Lipinski definition) is 6. The van der Waals surface area contributed by atoms with Crippen molar-refractivity contribution >= 4 is 32.6 Å². The molecule has 0 radical (unpaired) electrons. The first-order valence-electron chi connectivity index (χ1n) is 8.49. The fourth-order valence-electron chi connectivity index (χ4n) is 3.22. The molecular weight excluding hydrogens is 352 g/mol. The third kappa shape index (κ3) is 2.84. The Balaban J connectivity index is 1.33. The van der Waals surface area contributed by atoms with Gasteiger partial charge in [0.25, 0.3) is 0 Å². The molecule has 0 saturated carbocycles. The van der Waals surface area contributed by atoms with Gasteiger partial charge in [-0.1, -0.05) is 23.5 Å². The minimum absolute atomic E-state index is 0.0832. The number of thiazole rings is 1. The Morgan fingerprint density at radius 2 is 1.85 bits per heavy atom. The number of benzene rings is 2. The van der Waals surface area contributed by atoms with Crippen LogP contribution in [0.15, 0.2) is 30.3 Å². The minimum atomic E-state index is -0.0832. The lowest BCUT2D eigenvalue weighted by molar-refractivity contribution is -0.115. The molecule has 0 saturated heterocycles. The number of amides is 1. The summed E-state index contributed by atoms with van der Waals surface area (Å²) >= 11 is 1.43. The number of hydrogen-bond donors (Lipinski definition) is 1. The lowest BCUT2D eigenvalue weighted by atomic mass is 10.1. The molecule has 0 spiro atoms. The molecule has 3 aromatic rings. The average Bonchev–Trinajstić information content (AvgIpc) is 3.24. The molecule has 1 N–H and O–H groups in total. The summed E-state index contributed by atoms with van der Waals surface area (Å²) in [4.78, 5) is 16.9. The van der Waals surface area contributed by atoms with Gasteiger partial charge in [-0.05, 0) is 17.2 Å². The highest BCUT2D eigenvalue weighted by atomic mass is 32.1. The summed E-state index contributed by atoms with van der Waals surface area (Å²) in [6.45, 7) is 1.80. The Morgan fingerprint density at radius 3 is 2.73 bits per heavy atom. The van der Waals surface area contributed by atoms with Crippen LogP contribution in [0.5, 0.6) is 17.2 Å². The Hall–Kier alpha value is -2.80. The quantitative estimate of drug-likeness (QED) is 0.769. The number of anilines is 1. The molecule has 6 nitrogen and oxygen atoms in total. The zero-order valence-corrected chi connectivity index (χ0v) is 14.7. The van der Waals surface area contributed by atoms with E-state index in [4.69, 9.17) is 14.2 Å². The molecule has 0 aliphatic carbocycles. The van der Waals surface area contributed by atoms with Crippen molar-refractivity contribution in [2.24, 2.45) is 0 Å². The highest BCUT2D eigenvalue weighted by Gasteiger charge is 2.17. The molecular formula is C19H16N2O4S. The van der Waals surface area contributed by atoms with Crippen LogP contribution in [-0.2, 0) is 17.6 Å². The predicted octanol–water partition coefficient (Wildman–Crippen LogP) is 3.18.